The van der Waals surface area contributed by atoms with Gasteiger partial charge in [0.1, 0.15) is 5.75 Å². The predicted octanol–water partition coefficient (Wildman–Crippen LogP) is 3.31. The molecule has 0 saturated heterocycles. The van der Waals surface area contributed by atoms with Crippen LogP contribution in [-0.4, -0.2) is 10.9 Å². The van der Waals surface area contributed by atoms with Gasteiger partial charge in [0.2, 0.25) is 5.79 Å². The highest BCUT2D eigenvalue weighted by molar-refractivity contribution is 5.29. The zero-order valence-electron chi connectivity index (χ0n) is 9.95. The van der Waals surface area contributed by atoms with Crippen LogP contribution < -0.4 is 4.74 Å². The summed E-state index contributed by atoms with van der Waals surface area (Å²) in [7, 11) is 0. The number of aliphatic hydroxyl groups is 1. The molecule has 0 aromatic heterocycles. The summed E-state index contributed by atoms with van der Waals surface area (Å²) in [6.07, 6.45) is 1.13. The lowest BCUT2D eigenvalue weighted by atomic mass is 9.99. The first-order chi connectivity index (χ1) is 6.92. The van der Waals surface area contributed by atoms with Gasteiger partial charge in [-0.3, -0.25) is 0 Å². The summed E-state index contributed by atoms with van der Waals surface area (Å²) in [6, 6.07) is 7.91. The summed E-state index contributed by atoms with van der Waals surface area (Å²) >= 11 is 0. The Bertz CT molecular complexity index is 295. The molecule has 0 aliphatic rings. The Kier molecular flexibility index (Phi) is 3.75. The molecule has 0 spiro atoms. The van der Waals surface area contributed by atoms with Gasteiger partial charge in [-0.05, 0) is 30.0 Å². The van der Waals surface area contributed by atoms with E-state index in [4.69, 9.17) is 4.74 Å². The second-order valence-corrected chi connectivity index (χ2v) is 4.43. The maximum absolute atomic E-state index is 9.47. The minimum Gasteiger partial charge on any atom is -0.463 e. The van der Waals surface area contributed by atoms with Crippen molar-refractivity contribution in [2.45, 2.75) is 45.8 Å². The van der Waals surface area contributed by atoms with Gasteiger partial charge in [0, 0.05) is 13.8 Å². The molecule has 0 amide bonds. The van der Waals surface area contributed by atoms with Crippen LogP contribution >= 0.6 is 0 Å². The zero-order chi connectivity index (χ0) is 11.5. The summed E-state index contributed by atoms with van der Waals surface area (Å²) in [4.78, 5) is 0. The molecular weight excluding hydrogens is 188 g/mol. The molecule has 2 heteroatoms. The minimum absolute atomic E-state index is 0.571. The molecule has 84 valence electrons. The molecule has 1 N–H and O–H groups in total. The van der Waals surface area contributed by atoms with Crippen LogP contribution in [-0.2, 0) is 0 Å². The fourth-order valence-corrected chi connectivity index (χ4v) is 1.39. The Morgan fingerprint density at radius 1 is 1.27 bits per heavy atom. The molecular formula is C13H20O2. The molecule has 0 aliphatic carbocycles. The Hall–Kier alpha value is -1.02. The van der Waals surface area contributed by atoms with Crippen molar-refractivity contribution in [1.82, 2.24) is 0 Å². The zero-order valence-corrected chi connectivity index (χ0v) is 9.95. The SMILES string of the molecule is CCC(C)c1ccc(OC(C)(C)O)cc1. The number of benzene rings is 1. The van der Waals surface area contributed by atoms with E-state index in [1.165, 1.54) is 5.56 Å². The van der Waals surface area contributed by atoms with E-state index >= 15 is 0 Å². The van der Waals surface area contributed by atoms with Crippen LogP contribution in [0.4, 0.5) is 0 Å². The molecule has 1 unspecified atom stereocenters. The average molecular weight is 208 g/mol. The van der Waals surface area contributed by atoms with Gasteiger partial charge in [0.15, 0.2) is 0 Å². The molecule has 1 rings (SSSR count). The molecule has 0 heterocycles. The van der Waals surface area contributed by atoms with Gasteiger partial charge in [-0.2, -0.15) is 0 Å². The molecule has 1 aromatic carbocycles. The van der Waals surface area contributed by atoms with Crippen molar-refractivity contribution >= 4 is 0 Å². The van der Waals surface area contributed by atoms with Crippen LogP contribution in [0.25, 0.3) is 0 Å². The molecule has 0 bridgehead atoms. The van der Waals surface area contributed by atoms with Gasteiger partial charge in [0.05, 0.1) is 0 Å². The van der Waals surface area contributed by atoms with Crippen molar-refractivity contribution in [3.05, 3.63) is 29.8 Å². The van der Waals surface area contributed by atoms with Gasteiger partial charge in [-0.25, -0.2) is 0 Å². The van der Waals surface area contributed by atoms with Crippen molar-refractivity contribution in [2.75, 3.05) is 0 Å². The van der Waals surface area contributed by atoms with Crippen molar-refractivity contribution in [2.24, 2.45) is 0 Å². The van der Waals surface area contributed by atoms with Crippen molar-refractivity contribution < 1.29 is 9.84 Å². The number of ether oxygens (including phenoxy) is 1. The van der Waals surface area contributed by atoms with Gasteiger partial charge in [-0.1, -0.05) is 26.0 Å². The normalized spacial score (nSPS) is 13.7. The first-order valence-corrected chi connectivity index (χ1v) is 5.43. The number of hydrogen-bond donors (Lipinski definition) is 1. The minimum atomic E-state index is -1.11. The van der Waals surface area contributed by atoms with E-state index in [1.54, 1.807) is 13.8 Å². The summed E-state index contributed by atoms with van der Waals surface area (Å²) in [5.41, 5.74) is 1.31. The second kappa shape index (κ2) is 4.67. The molecule has 2 nitrogen and oxygen atoms in total. The standard InChI is InChI=1S/C13H20O2/c1-5-10(2)11-6-8-12(9-7-11)15-13(3,4)14/h6-10,14H,5H2,1-4H3. The maximum atomic E-state index is 9.47. The van der Waals surface area contributed by atoms with Gasteiger partial charge >= 0.3 is 0 Å². The van der Waals surface area contributed by atoms with Crippen LogP contribution in [0.2, 0.25) is 0 Å². The highest BCUT2D eigenvalue weighted by Gasteiger charge is 2.13. The van der Waals surface area contributed by atoms with Crippen LogP contribution in [0.5, 0.6) is 5.75 Å². The van der Waals surface area contributed by atoms with E-state index in [0.29, 0.717) is 11.7 Å². The predicted molar refractivity (Wildman–Crippen MR) is 62.1 cm³/mol. The topological polar surface area (TPSA) is 29.5 Å². The number of hydrogen-bond acceptors (Lipinski definition) is 2. The first-order valence-electron chi connectivity index (χ1n) is 5.43. The maximum Gasteiger partial charge on any atom is 0.202 e. The monoisotopic (exact) mass is 208 g/mol. The summed E-state index contributed by atoms with van der Waals surface area (Å²) in [5, 5.41) is 9.47. The lowest BCUT2D eigenvalue weighted by Gasteiger charge is -2.20. The van der Waals surface area contributed by atoms with Crippen LogP contribution in [0.1, 0.15) is 45.6 Å². The lowest BCUT2D eigenvalue weighted by Crippen LogP contribution is -2.26. The highest BCUT2D eigenvalue weighted by Crippen LogP contribution is 2.23. The van der Waals surface area contributed by atoms with Crippen molar-refractivity contribution in [3.63, 3.8) is 0 Å². The van der Waals surface area contributed by atoms with Crippen molar-refractivity contribution in [1.29, 1.82) is 0 Å². The van der Waals surface area contributed by atoms with Gasteiger partial charge in [-0.15, -0.1) is 0 Å². The fourth-order valence-electron chi connectivity index (χ4n) is 1.39. The largest absolute Gasteiger partial charge is 0.463 e. The molecule has 15 heavy (non-hydrogen) atoms. The Morgan fingerprint density at radius 3 is 2.20 bits per heavy atom. The number of rotatable bonds is 4. The Balaban J connectivity index is 2.72. The van der Waals surface area contributed by atoms with Gasteiger partial charge in [0.25, 0.3) is 0 Å². The van der Waals surface area contributed by atoms with E-state index in [1.807, 2.05) is 12.1 Å². The quantitative estimate of drug-likeness (QED) is 0.769. The van der Waals surface area contributed by atoms with Crippen molar-refractivity contribution in [3.8, 4) is 5.75 Å². The summed E-state index contributed by atoms with van der Waals surface area (Å²) in [5.74, 6) is 0.161. The van der Waals surface area contributed by atoms with Crippen LogP contribution in [0, 0.1) is 0 Å². The third-order valence-electron chi connectivity index (χ3n) is 2.43. The summed E-state index contributed by atoms with van der Waals surface area (Å²) < 4.78 is 5.33. The Labute approximate surface area is 91.9 Å². The van der Waals surface area contributed by atoms with Gasteiger partial charge < -0.3 is 9.84 Å². The molecule has 1 aromatic rings. The smallest absolute Gasteiger partial charge is 0.202 e. The van der Waals surface area contributed by atoms with E-state index in [0.717, 1.165) is 6.42 Å². The second-order valence-electron chi connectivity index (χ2n) is 4.43. The Morgan fingerprint density at radius 2 is 1.80 bits per heavy atom. The van der Waals surface area contributed by atoms with Crippen LogP contribution in [0.15, 0.2) is 24.3 Å². The molecule has 0 saturated carbocycles. The van der Waals surface area contributed by atoms with E-state index in [-0.39, 0.29) is 0 Å². The van der Waals surface area contributed by atoms with E-state index in [2.05, 4.69) is 26.0 Å². The lowest BCUT2D eigenvalue weighted by molar-refractivity contribution is -0.104. The third kappa shape index (κ3) is 3.92. The molecule has 0 fully saturated rings. The third-order valence-corrected chi connectivity index (χ3v) is 2.43. The molecule has 0 radical (unpaired) electrons. The van der Waals surface area contributed by atoms with Crippen LogP contribution in [0.3, 0.4) is 0 Å². The first kappa shape index (κ1) is 12.1. The van der Waals surface area contributed by atoms with E-state index in [9.17, 15) is 5.11 Å². The van der Waals surface area contributed by atoms with E-state index < -0.39 is 5.79 Å². The molecule has 0 aliphatic heterocycles. The fraction of sp³-hybridized carbons (Fsp3) is 0.538. The highest BCUT2D eigenvalue weighted by atomic mass is 16.6. The average Bonchev–Trinajstić information content (AvgIpc) is 2.15. The molecule has 1 atom stereocenters. The summed E-state index contributed by atoms with van der Waals surface area (Å²) in [6.45, 7) is 7.61.